The van der Waals surface area contributed by atoms with Crippen molar-refractivity contribution in [3.63, 3.8) is 0 Å². The Hall–Kier alpha value is -0.0900. The second-order valence-electron chi connectivity index (χ2n) is 3.20. The van der Waals surface area contributed by atoms with Crippen LogP contribution in [-0.4, -0.2) is 39.9 Å². The number of carbonyl (C=O) groups excluding carboxylic acids is 1. The molecule has 0 aromatic carbocycles. The normalized spacial score (nSPS) is 26.9. The molecule has 0 aliphatic carbocycles. The molecule has 2 atom stereocenters. The molecule has 12 heavy (non-hydrogen) atoms. The van der Waals surface area contributed by atoms with Gasteiger partial charge in [-0.05, 0) is 19.8 Å². The van der Waals surface area contributed by atoms with Gasteiger partial charge in [0.2, 0.25) is 5.91 Å². The summed E-state index contributed by atoms with van der Waals surface area (Å²) in [5.74, 6) is 0.0775. The fourth-order valence-electron chi connectivity index (χ4n) is 1.41. The zero-order valence-corrected chi connectivity index (χ0v) is 8.75. The number of carbonyl (C=O) groups is 1. The Labute approximate surface area is 80.9 Å². The van der Waals surface area contributed by atoms with Gasteiger partial charge < -0.3 is 10.0 Å². The molecule has 0 spiro atoms. The lowest BCUT2D eigenvalue weighted by molar-refractivity contribution is -0.133. The van der Waals surface area contributed by atoms with Crippen molar-refractivity contribution in [2.24, 2.45) is 0 Å². The smallest absolute Gasteiger partial charge is 0.236 e. The summed E-state index contributed by atoms with van der Waals surface area (Å²) < 4.78 is 0. The largest absolute Gasteiger partial charge is 0.391 e. The second-order valence-corrected chi connectivity index (χ2v) is 4.57. The fourth-order valence-corrected chi connectivity index (χ4v) is 1.70. The molecule has 0 saturated carbocycles. The number of β-amino-alcohol motifs (C(OH)–C–C–N with tert-alkyl or cyclic N) is 1. The molecule has 0 bridgehead atoms. The van der Waals surface area contributed by atoms with Gasteiger partial charge in [0.15, 0.2) is 0 Å². The molecule has 0 radical (unpaired) electrons. The molecule has 1 rings (SSSR count). The van der Waals surface area contributed by atoms with Gasteiger partial charge in [-0.1, -0.05) is 15.9 Å². The minimum absolute atomic E-state index is 0.0775. The number of amides is 1. The Morgan fingerprint density at radius 3 is 2.92 bits per heavy atom. The number of alkyl halides is 1. The van der Waals surface area contributed by atoms with Crippen molar-refractivity contribution in [2.75, 3.05) is 13.1 Å². The Kier molecular flexibility index (Phi) is 3.53. The van der Waals surface area contributed by atoms with E-state index in [0.717, 1.165) is 19.4 Å². The Morgan fingerprint density at radius 2 is 2.42 bits per heavy atom. The average molecular weight is 236 g/mol. The van der Waals surface area contributed by atoms with Crippen LogP contribution in [0.5, 0.6) is 0 Å². The summed E-state index contributed by atoms with van der Waals surface area (Å²) in [5, 5.41) is 9.30. The summed E-state index contributed by atoms with van der Waals surface area (Å²) >= 11 is 3.22. The lowest BCUT2D eigenvalue weighted by atomic mass is 10.1. The van der Waals surface area contributed by atoms with Gasteiger partial charge in [-0.3, -0.25) is 4.79 Å². The molecule has 0 aromatic heterocycles. The molecule has 1 fully saturated rings. The van der Waals surface area contributed by atoms with Crippen LogP contribution in [0, 0.1) is 0 Å². The predicted molar refractivity (Wildman–Crippen MR) is 50.2 cm³/mol. The Morgan fingerprint density at radius 1 is 1.75 bits per heavy atom. The lowest BCUT2D eigenvalue weighted by Gasteiger charge is -2.30. The zero-order valence-electron chi connectivity index (χ0n) is 7.16. The van der Waals surface area contributed by atoms with E-state index >= 15 is 0 Å². The summed E-state index contributed by atoms with van der Waals surface area (Å²) in [6.45, 7) is 3.09. The van der Waals surface area contributed by atoms with Crippen molar-refractivity contribution in [3.8, 4) is 0 Å². The van der Waals surface area contributed by atoms with Crippen LogP contribution in [0.25, 0.3) is 0 Å². The SMILES string of the molecule is CC(Br)C(=O)N1CCC[C@H](O)C1. The first-order valence-corrected chi connectivity index (χ1v) is 5.13. The number of halogens is 1. The predicted octanol–water partition coefficient (Wildman–Crippen LogP) is 0.753. The topological polar surface area (TPSA) is 40.5 Å². The molecule has 1 aliphatic heterocycles. The van der Waals surface area contributed by atoms with Crippen LogP contribution < -0.4 is 0 Å². The highest BCUT2D eigenvalue weighted by molar-refractivity contribution is 9.10. The summed E-state index contributed by atoms with van der Waals surface area (Å²) in [5.41, 5.74) is 0. The quantitative estimate of drug-likeness (QED) is 0.682. The standard InChI is InChI=1S/C8H14BrNO2/c1-6(9)8(12)10-4-2-3-7(11)5-10/h6-7,11H,2-5H2,1H3/t6?,7-/m0/s1. The van der Waals surface area contributed by atoms with Crippen molar-refractivity contribution in [3.05, 3.63) is 0 Å². The molecule has 3 nitrogen and oxygen atoms in total. The molecule has 1 unspecified atom stereocenters. The zero-order chi connectivity index (χ0) is 9.14. The Balaban J connectivity index is 2.46. The number of likely N-dealkylation sites (tertiary alicyclic amines) is 1. The van der Waals surface area contributed by atoms with Gasteiger partial charge >= 0.3 is 0 Å². The average Bonchev–Trinajstić information content (AvgIpc) is 2.03. The van der Waals surface area contributed by atoms with Crippen LogP contribution >= 0.6 is 15.9 Å². The van der Waals surface area contributed by atoms with Crippen LogP contribution in [0.2, 0.25) is 0 Å². The summed E-state index contributed by atoms with van der Waals surface area (Å²) in [6, 6.07) is 0. The van der Waals surface area contributed by atoms with Gasteiger partial charge in [0, 0.05) is 13.1 Å². The molecule has 1 aliphatic rings. The fraction of sp³-hybridized carbons (Fsp3) is 0.875. The van der Waals surface area contributed by atoms with Crippen LogP contribution in [0.1, 0.15) is 19.8 Å². The van der Waals surface area contributed by atoms with E-state index in [4.69, 9.17) is 0 Å². The van der Waals surface area contributed by atoms with E-state index < -0.39 is 0 Å². The van der Waals surface area contributed by atoms with Crippen molar-refractivity contribution >= 4 is 21.8 Å². The minimum atomic E-state index is -0.325. The molecule has 70 valence electrons. The van der Waals surface area contributed by atoms with Crippen molar-refractivity contribution in [1.29, 1.82) is 0 Å². The third-order valence-electron chi connectivity index (χ3n) is 2.05. The molecule has 1 amide bonds. The molecule has 1 N–H and O–H groups in total. The number of hydrogen-bond acceptors (Lipinski definition) is 2. The number of hydrogen-bond donors (Lipinski definition) is 1. The van der Waals surface area contributed by atoms with E-state index in [1.165, 1.54) is 0 Å². The molecule has 1 heterocycles. The maximum Gasteiger partial charge on any atom is 0.236 e. The van der Waals surface area contributed by atoms with Gasteiger partial charge in [0.05, 0.1) is 10.9 Å². The maximum atomic E-state index is 11.4. The highest BCUT2D eigenvalue weighted by Gasteiger charge is 2.23. The lowest BCUT2D eigenvalue weighted by Crippen LogP contribution is -2.44. The van der Waals surface area contributed by atoms with E-state index in [2.05, 4.69) is 15.9 Å². The number of aliphatic hydroxyl groups is 1. The van der Waals surface area contributed by atoms with E-state index in [1.54, 1.807) is 4.90 Å². The van der Waals surface area contributed by atoms with Gasteiger partial charge in [-0.15, -0.1) is 0 Å². The maximum absolute atomic E-state index is 11.4. The summed E-state index contributed by atoms with van der Waals surface area (Å²) in [6.07, 6.45) is 1.40. The van der Waals surface area contributed by atoms with E-state index in [-0.39, 0.29) is 16.8 Å². The third kappa shape index (κ3) is 2.45. The van der Waals surface area contributed by atoms with Crippen molar-refractivity contribution < 1.29 is 9.90 Å². The second kappa shape index (κ2) is 4.23. The van der Waals surface area contributed by atoms with E-state index in [1.807, 2.05) is 6.92 Å². The first-order valence-electron chi connectivity index (χ1n) is 4.22. The van der Waals surface area contributed by atoms with Crippen molar-refractivity contribution in [1.82, 2.24) is 4.90 Å². The third-order valence-corrected chi connectivity index (χ3v) is 2.44. The summed E-state index contributed by atoms with van der Waals surface area (Å²) in [7, 11) is 0. The van der Waals surface area contributed by atoms with Gasteiger partial charge in [0.25, 0.3) is 0 Å². The van der Waals surface area contributed by atoms with Gasteiger partial charge in [-0.25, -0.2) is 0 Å². The van der Waals surface area contributed by atoms with Crippen molar-refractivity contribution in [2.45, 2.75) is 30.7 Å². The van der Waals surface area contributed by atoms with Gasteiger partial charge in [0.1, 0.15) is 0 Å². The molecule has 4 heteroatoms. The number of aliphatic hydroxyl groups excluding tert-OH is 1. The summed E-state index contributed by atoms with van der Waals surface area (Å²) in [4.78, 5) is 13.0. The van der Waals surface area contributed by atoms with E-state index in [0.29, 0.717) is 6.54 Å². The number of piperidine rings is 1. The van der Waals surface area contributed by atoms with Crippen LogP contribution in [-0.2, 0) is 4.79 Å². The molecular formula is C8H14BrNO2. The highest BCUT2D eigenvalue weighted by Crippen LogP contribution is 2.13. The van der Waals surface area contributed by atoms with E-state index in [9.17, 15) is 9.90 Å². The van der Waals surface area contributed by atoms with Crippen LogP contribution in [0.15, 0.2) is 0 Å². The number of rotatable bonds is 1. The first-order chi connectivity index (χ1) is 5.61. The highest BCUT2D eigenvalue weighted by atomic mass is 79.9. The molecular weight excluding hydrogens is 222 g/mol. The molecule has 1 saturated heterocycles. The minimum Gasteiger partial charge on any atom is -0.391 e. The van der Waals surface area contributed by atoms with Crippen LogP contribution in [0.3, 0.4) is 0 Å². The molecule has 0 aromatic rings. The Bertz CT molecular complexity index is 172. The first kappa shape index (κ1) is 9.99. The van der Waals surface area contributed by atoms with Crippen LogP contribution in [0.4, 0.5) is 0 Å². The number of nitrogens with zero attached hydrogens (tertiary/aromatic N) is 1. The van der Waals surface area contributed by atoms with Gasteiger partial charge in [-0.2, -0.15) is 0 Å². The monoisotopic (exact) mass is 235 g/mol.